The number of hydrogen-bond acceptors (Lipinski definition) is 7. The molecule has 0 saturated carbocycles. The monoisotopic (exact) mass is 558 g/mol. The van der Waals surface area contributed by atoms with Crippen molar-refractivity contribution >= 4 is 0 Å². The first kappa shape index (κ1) is 29.5. The van der Waals surface area contributed by atoms with Gasteiger partial charge in [0, 0.05) is 6.07 Å². The molecule has 4 aromatic rings. The van der Waals surface area contributed by atoms with E-state index in [1.807, 2.05) is 60.7 Å². The topological polar surface area (TPSA) is 64.6 Å². The molecule has 216 valence electrons. The summed E-state index contributed by atoms with van der Waals surface area (Å²) in [5.41, 5.74) is 4.48. The van der Waals surface area contributed by atoms with Crippen molar-refractivity contribution in [3.63, 3.8) is 0 Å². The zero-order chi connectivity index (χ0) is 29.2. The molecule has 0 aliphatic carbocycles. The molecule has 0 bridgehead atoms. The van der Waals surface area contributed by atoms with Gasteiger partial charge in [0.15, 0.2) is 23.0 Å². The summed E-state index contributed by atoms with van der Waals surface area (Å²) < 4.78 is 39.6. The van der Waals surface area contributed by atoms with Gasteiger partial charge in [-0.2, -0.15) is 0 Å². The molecular weight excluding hydrogens is 520 g/mol. The second-order valence-corrected chi connectivity index (χ2v) is 9.49. The minimum Gasteiger partial charge on any atom is -0.497 e. The molecule has 7 nitrogen and oxygen atoms in total. The Hall–Kier alpha value is -4.52. The highest BCUT2D eigenvalue weighted by Gasteiger charge is 2.17. The fourth-order valence-corrected chi connectivity index (χ4v) is 4.69. The predicted octanol–water partition coefficient (Wildman–Crippen LogP) is 7.10. The van der Waals surface area contributed by atoms with Gasteiger partial charge in [-0.3, -0.25) is 0 Å². The molecule has 0 amide bonds. The van der Waals surface area contributed by atoms with E-state index in [1.165, 1.54) is 5.56 Å². The van der Waals surface area contributed by atoms with Crippen LogP contribution in [0.1, 0.15) is 22.3 Å². The summed E-state index contributed by atoms with van der Waals surface area (Å²) in [6, 6.07) is 24.0. The van der Waals surface area contributed by atoms with Gasteiger partial charge in [0.1, 0.15) is 17.2 Å². The summed E-state index contributed by atoms with van der Waals surface area (Å²) in [5.74, 6) is 5.32. The van der Waals surface area contributed by atoms with E-state index in [0.717, 1.165) is 48.1 Å². The van der Waals surface area contributed by atoms with Crippen LogP contribution in [0, 0.1) is 0 Å². The first-order valence-electron chi connectivity index (χ1n) is 13.4. The van der Waals surface area contributed by atoms with Crippen LogP contribution in [0.4, 0.5) is 0 Å². The molecule has 0 saturated heterocycles. The van der Waals surface area contributed by atoms with E-state index in [2.05, 4.69) is 12.1 Å². The van der Waals surface area contributed by atoms with Crippen molar-refractivity contribution in [2.45, 2.75) is 25.7 Å². The number of benzene rings is 4. The first-order valence-corrected chi connectivity index (χ1v) is 13.4. The van der Waals surface area contributed by atoms with E-state index >= 15 is 0 Å². The Kier molecular flexibility index (Phi) is 10.2. The highest BCUT2D eigenvalue weighted by atomic mass is 16.5. The van der Waals surface area contributed by atoms with Gasteiger partial charge >= 0.3 is 0 Å². The van der Waals surface area contributed by atoms with Crippen LogP contribution < -0.4 is 33.2 Å². The van der Waals surface area contributed by atoms with Gasteiger partial charge in [-0.25, -0.2) is 0 Å². The maximum absolute atomic E-state index is 6.39. The van der Waals surface area contributed by atoms with Gasteiger partial charge in [-0.05, 0) is 96.5 Å². The molecule has 0 aliphatic rings. The van der Waals surface area contributed by atoms with E-state index in [9.17, 15) is 0 Å². The Labute approximate surface area is 242 Å². The molecule has 4 aromatic carbocycles. The molecule has 0 aromatic heterocycles. The van der Waals surface area contributed by atoms with Crippen LogP contribution in [0.25, 0.3) is 0 Å². The highest BCUT2D eigenvalue weighted by molar-refractivity contribution is 5.56. The minimum atomic E-state index is 0.511. The Balaban J connectivity index is 1.54. The maximum Gasteiger partial charge on any atom is 0.211 e. The Morgan fingerprint density at radius 1 is 0.390 bits per heavy atom. The van der Waals surface area contributed by atoms with Crippen LogP contribution in [0.2, 0.25) is 0 Å². The van der Waals surface area contributed by atoms with Gasteiger partial charge < -0.3 is 33.2 Å². The van der Waals surface area contributed by atoms with Crippen molar-refractivity contribution in [1.29, 1.82) is 0 Å². The van der Waals surface area contributed by atoms with Crippen molar-refractivity contribution in [1.82, 2.24) is 0 Å². The van der Waals surface area contributed by atoms with Crippen LogP contribution in [-0.4, -0.2) is 42.7 Å². The second kappa shape index (κ2) is 14.2. The van der Waals surface area contributed by atoms with Crippen LogP contribution >= 0.6 is 0 Å². The lowest BCUT2D eigenvalue weighted by Gasteiger charge is -2.17. The van der Waals surface area contributed by atoms with E-state index in [-0.39, 0.29) is 0 Å². The third-order valence-corrected chi connectivity index (χ3v) is 6.90. The Morgan fingerprint density at radius 2 is 0.902 bits per heavy atom. The molecule has 0 atom stereocenters. The third-order valence-electron chi connectivity index (χ3n) is 6.90. The van der Waals surface area contributed by atoms with Crippen molar-refractivity contribution in [2.24, 2.45) is 0 Å². The van der Waals surface area contributed by atoms with E-state index in [4.69, 9.17) is 33.2 Å². The Morgan fingerprint density at radius 3 is 1.51 bits per heavy atom. The Bertz CT molecular complexity index is 1420. The van der Waals surface area contributed by atoms with Crippen LogP contribution in [0.3, 0.4) is 0 Å². The lowest BCUT2D eigenvalue weighted by Crippen LogP contribution is -2.00. The van der Waals surface area contributed by atoms with Crippen LogP contribution in [0.5, 0.6) is 46.0 Å². The molecule has 0 fully saturated rings. The fraction of sp³-hybridized carbons (Fsp3) is 0.294. The lowest BCUT2D eigenvalue weighted by atomic mass is 10.0. The average Bonchev–Trinajstić information content (AvgIpc) is 3.02. The zero-order valence-electron chi connectivity index (χ0n) is 24.6. The van der Waals surface area contributed by atoms with Gasteiger partial charge in [0.25, 0.3) is 0 Å². The summed E-state index contributed by atoms with van der Waals surface area (Å²) in [4.78, 5) is 0. The quantitative estimate of drug-likeness (QED) is 0.164. The van der Waals surface area contributed by atoms with Crippen molar-refractivity contribution in [3.05, 3.63) is 95.1 Å². The molecule has 0 N–H and O–H groups in total. The second-order valence-electron chi connectivity index (χ2n) is 9.49. The predicted molar refractivity (Wildman–Crippen MR) is 160 cm³/mol. The number of aryl methyl sites for hydroxylation is 4. The lowest BCUT2D eigenvalue weighted by molar-refractivity contribution is 0.344. The SMILES string of the molecule is COc1cccc(CCc2cc(OC)cc(Oc3c(OC)cc(CCc4ccc(OC)c(OC)c4)cc3OC)c2)c1. The fourth-order valence-electron chi connectivity index (χ4n) is 4.69. The van der Waals surface area contributed by atoms with Gasteiger partial charge in [0.05, 0.1) is 42.7 Å². The molecule has 0 aliphatic heterocycles. The number of rotatable bonds is 14. The van der Waals surface area contributed by atoms with Crippen molar-refractivity contribution in [2.75, 3.05) is 42.7 Å². The zero-order valence-corrected chi connectivity index (χ0v) is 24.6. The smallest absolute Gasteiger partial charge is 0.211 e. The summed E-state index contributed by atoms with van der Waals surface area (Å²) in [7, 11) is 9.86. The average molecular weight is 559 g/mol. The maximum atomic E-state index is 6.39. The summed E-state index contributed by atoms with van der Waals surface area (Å²) in [5, 5.41) is 0. The standard InChI is InChI=1S/C34H38O7/c1-35-27-9-7-8-23(16-27)10-12-25-17-28(36-2)22-29(18-25)41-34-32(39-5)20-26(21-33(34)40-6)13-11-24-14-15-30(37-3)31(19-24)38-4/h7-9,14-22H,10-13H2,1-6H3. The first-order chi connectivity index (χ1) is 20.0. The van der Waals surface area contributed by atoms with Gasteiger partial charge in [-0.1, -0.05) is 18.2 Å². The van der Waals surface area contributed by atoms with E-state index in [0.29, 0.717) is 40.2 Å². The van der Waals surface area contributed by atoms with Gasteiger partial charge in [-0.15, -0.1) is 0 Å². The number of ether oxygens (including phenoxy) is 7. The van der Waals surface area contributed by atoms with Crippen molar-refractivity contribution < 1.29 is 33.2 Å². The van der Waals surface area contributed by atoms with E-state index in [1.54, 1.807) is 42.7 Å². The normalized spacial score (nSPS) is 10.6. The molecule has 0 radical (unpaired) electrons. The highest BCUT2D eigenvalue weighted by Crippen LogP contribution is 2.42. The van der Waals surface area contributed by atoms with Crippen LogP contribution in [-0.2, 0) is 25.7 Å². The molecule has 0 unspecified atom stereocenters. The molecule has 0 heterocycles. The summed E-state index contributed by atoms with van der Waals surface area (Å²) in [6.07, 6.45) is 3.24. The largest absolute Gasteiger partial charge is 0.497 e. The number of hydrogen-bond donors (Lipinski definition) is 0. The van der Waals surface area contributed by atoms with E-state index < -0.39 is 0 Å². The third kappa shape index (κ3) is 7.57. The summed E-state index contributed by atoms with van der Waals surface area (Å²) in [6.45, 7) is 0. The summed E-state index contributed by atoms with van der Waals surface area (Å²) >= 11 is 0. The molecule has 0 spiro atoms. The molecule has 7 heteroatoms. The minimum absolute atomic E-state index is 0.511. The van der Waals surface area contributed by atoms with Crippen LogP contribution in [0.15, 0.2) is 72.8 Å². The molecule has 4 rings (SSSR count). The van der Waals surface area contributed by atoms with Gasteiger partial charge in [0.2, 0.25) is 5.75 Å². The van der Waals surface area contributed by atoms with Crippen molar-refractivity contribution in [3.8, 4) is 46.0 Å². The molecule has 41 heavy (non-hydrogen) atoms. The number of methoxy groups -OCH3 is 6. The molecular formula is C34H38O7.